The smallest absolute Gasteiger partial charge is 0.322 e. The van der Waals surface area contributed by atoms with Gasteiger partial charge in [0.15, 0.2) is 5.82 Å². The Morgan fingerprint density at radius 1 is 1.19 bits per heavy atom. The van der Waals surface area contributed by atoms with Crippen molar-refractivity contribution in [2.75, 3.05) is 18.4 Å². The fraction of sp³-hybridized carbons (Fsp3) is 0.294. The molecule has 9 heteroatoms. The number of carbonyl (C=O) groups is 1. The fourth-order valence-electron chi connectivity index (χ4n) is 2.78. The summed E-state index contributed by atoms with van der Waals surface area (Å²) in [6.07, 6.45) is 5.06. The zero-order valence-electron chi connectivity index (χ0n) is 14.0. The highest BCUT2D eigenvalue weighted by atomic mass is 32.1. The summed E-state index contributed by atoms with van der Waals surface area (Å²) in [5.74, 6) is 1.13. The predicted octanol–water partition coefficient (Wildman–Crippen LogP) is 2.80. The summed E-state index contributed by atoms with van der Waals surface area (Å²) >= 11 is 1.51. The van der Waals surface area contributed by atoms with Crippen LogP contribution in [0, 0.1) is 0 Å². The maximum Gasteiger partial charge on any atom is 0.322 e. The molecule has 1 N–H and O–H groups in total. The first-order valence-electron chi connectivity index (χ1n) is 8.38. The number of piperidine rings is 1. The molecule has 3 aromatic rings. The van der Waals surface area contributed by atoms with E-state index in [0.29, 0.717) is 24.8 Å². The van der Waals surface area contributed by atoms with Crippen LogP contribution in [0.3, 0.4) is 0 Å². The van der Waals surface area contributed by atoms with Gasteiger partial charge in [-0.2, -0.15) is 5.10 Å². The van der Waals surface area contributed by atoms with Gasteiger partial charge in [0.1, 0.15) is 6.10 Å². The lowest BCUT2D eigenvalue weighted by Gasteiger charge is -2.31. The van der Waals surface area contributed by atoms with Crippen molar-refractivity contribution >= 4 is 22.4 Å². The quantitative estimate of drug-likeness (QED) is 0.763. The van der Waals surface area contributed by atoms with Gasteiger partial charge in [-0.25, -0.2) is 9.48 Å². The zero-order chi connectivity index (χ0) is 17.8. The Hall–Kier alpha value is -2.94. The van der Waals surface area contributed by atoms with Crippen LogP contribution in [0.4, 0.5) is 9.80 Å². The lowest BCUT2D eigenvalue weighted by Crippen LogP contribution is -2.43. The molecule has 8 nitrogen and oxygen atoms in total. The van der Waals surface area contributed by atoms with E-state index in [9.17, 15) is 4.79 Å². The Labute approximate surface area is 154 Å². The van der Waals surface area contributed by atoms with Crippen LogP contribution >= 0.6 is 11.3 Å². The first-order valence-corrected chi connectivity index (χ1v) is 9.26. The third kappa shape index (κ3) is 3.83. The number of urea groups is 1. The van der Waals surface area contributed by atoms with Crippen LogP contribution in [0.2, 0.25) is 0 Å². The first-order chi connectivity index (χ1) is 12.8. The number of rotatable bonds is 4. The van der Waals surface area contributed by atoms with Gasteiger partial charge in [-0.05, 0) is 29.6 Å². The van der Waals surface area contributed by atoms with Crippen molar-refractivity contribution in [2.24, 2.45) is 0 Å². The Bertz CT molecular complexity index is 827. The lowest BCUT2D eigenvalue weighted by atomic mass is 10.1. The van der Waals surface area contributed by atoms with E-state index in [2.05, 4.69) is 20.6 Å². The van der Waals surface area contributed by atoms with Crippen molar-refractivity contribution in [3.63, 3.8) is 0 Å². The molecule has 26 heavy (non-hydrogen) atoms. The number of ether oxygens (including phenoxy) is 1. The van der Waals surface area contributed by atoms with E-state index in [1.807, 2.05) is 40.7 Å². The first kappa shape index (κ1) is 16.5. The van der Waals surface area contributed by atoms with Gasteiger partial charge in [0.25, 0.3) is 0 Å². The molecule has 4 heterocycles. The van der Waals surface area contributed by atoms with E-state index in [-0.39, 0.29) is 12.1 Å². The molecule has 0 bridgehead atoms. The normalized spacial score (nSPS) is 15.0. The second-order valence-corrected chi connectivity index (χ2v) is 6.84. The summed E-state index contributed by atoms with van der Waals surface area (Å²) in [5.41, 5.74) is 0. The SMILES string of the molecule is O=C(Nc1cccs1)N1CCC(Oc2ccc(-n3cccn3)nn2)CC1. The minimum Gasteiger partial charge on any atom is -0.473 e. The van der Waals surface area contributed by atoms with Crippen LogP contribution in [-0.4, -0.2) is 50.1 Å². The van der Waals surface area contributed by atoms with E-state index in [0.717, 1.165) is 17.8 Å². The van der Waals surface area contributed by atoms with Gasteiger partial charge in [-0.1, -0.05) is 0 Å². The van der Waals surface area contributed by atoms with Gasteiger partial charge < -0.3 is 9.64 Å². The Morgan fingerprint density at radius 2 is 2.08 bits per heavy atom. The molecule has 1 saturated heterocycles. The summed E-state index contributed by atoms with van der Waals surface area (Å²) in [6, 6.07) is 9.19. The minimum atomic E-state index is -0.0609. The highest BCUT2D eigenvalue weighted by Gasteiger charge is 2.24. The molecule has 1 aliphatic rings. The average Bonchev–Trinajstić information content (AvgIpc) is 3.37. The van der Waals surface area contributed by atoms with Crippen molar-refractivity contribution in [3.05, 3.63) is 48.1 Å². The highest BCUT2D eigenvalue weighted by molar-refractivity contribution is 7.14. The summed E-state index contributed by atoms with van der Waals surface area (Å²) in [7, 11) is 0. The van der Waals surface area contributed by atoms with Gasteiger partial charge >= 0.3 is 6.03 Å². The van der Waals surface area contributed by atoms with Crippen LogP contribution in [0.25, 0.3) is 5.82 Å². The van der Waals surface area contributed by atoms with Crippen LogP contribution in [0.1, 0.15) is 12.8 Å². The average molecular weight is 370 g/mol. The van der Waals surface area contributed by atoms with Gasteiger partial charge in [0.05, 0.1) is 5.00 Å². The maximum absolute atomic E-state index is 12.2. The molecular weight excluding hydrogens is 352 g/mol. The monoisotopic (exact) mass is 370 g/mol. The number of amides is 2. The fourth-order valence-corrected chi connectivity index (χ4v) is 3.39. The second kappa shape index (κ2) is 7.52. The van der Waals surface area contributed by atoms with Crippen LogP contribution in [-0.2, 0) is 0 Å². The molecule has 0 saturated carbocycles. The molecule has 0 aromatic carbocycles. The Kier molecular flexibility index (Phi) is 4.78. The number of nitrogens with one attached hydrogen (secondary N) is 1. The molecular formula is C17H18N6O2S. The standard InChI is InChI=1S/C17H18N6O2S/c24-17(19-16-3-1-12-26-16)22-10-6-13(7-11-22)25-15-5-4-14(20-21-15)23-9-2-8-18-23/h1-5,8-9,12-13H,6-7,10-11H2,(H,19,24). The predicted molar refractivity (Wildman–Crippen MR) is 97.7 cm³/mol. The van der Waals surface area contributed by atoms with Gasteiger partial charge in [0, 0.05) is 44.4 Å². The summed E-state index contributed by atoms with van der Waals surface area (Å²) in [5, 5.41) is 18.1. The lowest BCUT2D eigenvalue weighted by molar-refractivity contribution is 0.110. The molecule has 0 unspecified atom stereocenters. The van der Waals surface area contributed by atoms with E-state index in [1.54, 1.807) is 16.9 Å². The van der Waals surface area contributed by atoms with E-state index in [4.69, 9.17) is 4.74 Å². The molecule has 2 amide bonds. The topological polar surface area (TPSA) is 85.2 Å². The maximum atomic E-state index is 12.2. The third-order valence-electron chi connectivity index (χ3n) is 4.13. The number of hydrogen-bond donors (Lipinski definition) is 1. The number of thiophene rings is 1. The van der Waals surface area contributed by atoms with E-state index >= 15 is 0 Å². The largest absolute Gasteiger partial charge is 0.473 e. The van der Waals surface area contributed by atoms with Gasteiger partial charge in [-0.15, -0.1) is 21.5 Å². The molecule has 1 fully saturated rings. The van der Waals surface area contributed by atoms with Crippen molar-refractivity contribution in [1.29, 1.82) is 0 Å². The second-order valence-electron chi connectivity index (χ2n) is 5.89. The minimum absolute atomic E-state index is 0.0330. The molecule has 1 aliphatic heterocycles. The summed E-state index contributed by atoms with van der Waals surface area (Å²) < 4.78 is 7.54. The molecule has 4 rings (SSSR count). The van der Waals surface area contributed by atoms with Crippen LogP contribution in [0.15, 0.2) is 48.1 Å². The molecule has 0 radical (unpaired) electrons. The van der Waals surface area contributed by atoms with Crippen LogP contribution in [0.5, 0.6) is 5.88 Å². The molecule has 0 atom stereocenters. The summed E-state index contributed by atoms with van der Waals surface area (Å²) in [4.78, 5) is 14.0. The van der Waals surface area contributed by atoms with Crippen LogP contribution < -0.4 is 10.1 Å². The number of anilines is 1. The van der Waals surface area contributed by atoms with Crippen molar-refractivity contribution < 1.29 is 9.53 Å². The Morgan fingerprint density at radius 3 is 2.73 bits per heavy atom. The van der Waals surface area contributed by atoms with E-state index in [1.165, 1.54) is 11.3 Å². The van der Waals surface area contributed by atoms with Crippen molar-refractivity contribution in [3.8, 4) is 11.7 Å². The molecule has 134 valence electrons. The molecule has 0 aliphatic carbocycles. The zero-order valence-corrected chi connectivity index (χ0v) is 14.8. The number of carbonyl (C=O) groups excluding carboxylic acids is 1. The number of hydrogen-bond acceptors (Lipinski definition) is 6. The summed E-state index contributed by atoms with van der Waals surface area (Å²) in [6.45, 7) is 1.31. The highest BCUT2D eigenvalue weighted by Crippen LogP contribution is 2.20. The number of aromatic nitrogens is 4. The van der Waals surface area contributed by atoms with E-state index < -0.39 is 0 Å². The third-order valence-corrected chi connectivity index (χ3v) is 4.92. The van der Waals surface area contributed by atoms with Crippen molar-refractivity contribution in [2.45, 2.75) is 18.9 Å². The van der Waals surface area contributed by atoms with Gasteiger partial charge in [-0.3, -0.25) is 5.32 Å². The number of nitrogens with zero attached hydrogens (tertiary/aromatic N) is 5. The van der Waals surface area contributed by atoms with Gasteiger partial charge in [0.2, 0.25) is 5.88 Å². The Balaban J connectivity index is 1.28. The molecule has 0 spiro atoms. The number of likely N-dealkylation sites (tertiary alicyclic amines) is 1. The van der Waals surface area contributed by atoms with Crippen molar-refractivity contribution in [1.82, 2.24) is 24.9 Å². The molecule has 3 aromatic heterocycles.